The Kier molecular flexibility index (Phi) is 7.05. The maximum atomic E-state index is 12.1. The SMILES string of the molecule is C[N+](C)(CCNC(=O)OCC1c2ccccc2-c2ccccc21)CC(=O)O.[Cl-]. The van der Waals surface area contributed by atoms with Crippen molar-refractivity contribution < 1.29 is 36.3 Å². The summed E-state index contributed by atoms with van der Waals surface area (Å²) in [6.07, 6.45) is -0.479. The number of aliphatic carboxylic acids is 1. The molecule has 0 saturated carbocycles. The van der Waals surface area contributed by atoms with E-state index in [1.807, 2.05) is 38.4 Å². The predicted octanol–water partition coefficient (Wildman–Crippen LogP) is -0.310. The van der Waals surface area contributed by atoms with Crippen molar-refractivity contribution in [2.45, 2.75) is 5.92 Å². The first-order valence-corrected chi connectivity index (χ1v) is 9.00. The molecular weight excluding hydrogens is 380 g/mol. The van der Waals surface area contributed by atoms with Gasteiger partial charge in [0, 0.05) is 5.92 Å². The number of benzene rings is 2. The van der Waals surface area contributed by atoms with Gasteiger partial charge in [-0.15, -0.1) is 0 Å². The van der Waals surface area contributed by atoms with Crippen molar-refractivity contribution in [1.82, 2.24) is 5.32 Å². The highest BCUT2D eigenvalue weighted by Crippen LogP contribution is 2.44. The number of halogens is 1. The number of nitrogens with one attached hydrogen (secondary N) is 1. The van der Waals surface area contributed by atoms with Crippen molar-refractivity contribution in [1.29, 1.82) is 0 Å². The van der Waals surface area contributed by atoms with E-state index >= 15 is 0 Å². The lowest BCUT2D eigenvalue weighted by atomic mass is 9.98. The predicted molar refractivity (Wildman–Crippen MR) is 103 cm³/mol. The van der Waals surface area contributed by atoms with Gasteiger partial charge in [0.25, 0.3) is 0 Å². The van der Waals surface area contributed by atoms with Crippen LogP contribution >= 0.6 is 0 Å². The molecule has 0 fully saturated rings. The standard InChI is InChI=1S/C21H24N2O4.ClH/c1-23(2,13-20(24)25)12-11-22-21(26)27-14-19-17-9-5-3-7-15(17)16-8-4-6-10-18(16)19;/h3-10,19H,11-14H2,1-2H3,(H-,22,24,25,26);1H. The number of quaternary nitrogens is 1. The molecule has 0 spiro atoms. The van der Waals surface area contributed by atoms with Gasteiger partial charge >= 0.3 is 12.1 Å². The monoisotopic (exact) mass is 404 g/mol. The number of hydrogen-bond acceptors (Lipinski definition) is 3. The number of likely N-dealkylation sites (N-methyl/N-ethyl adjacent to an activating group) is 1. The van der Waals surface area contributed by atoms with Crippen molar-refractivity contribution in [3.8, 4) is 11.1 Å². The molecule has 1 amide bonds. The number of hydrogen-bond donors (Lipinski definition) is 2. The second-order valence-electron chi connectivity index (χ2n) is 7.46. The highest BCUT2D eigenvalue weighted by atomic mass is 35.5. The van der Waals surface area contributed by atoms with Crippen LogP contribution in [0.25, 0.3) is 11.1 Å². The Labute approximate surface area is 171 Å². The molecule has 0 aliphatic heterocycles. The molecule has 2 aromatic carbocycles. The number of carboxylic acid groups (broad SMARTS) is 1. The third-order valence-electron chi connectivity index (χ3n) is 4.89. The van der Waals surface area contributed by atoms with Gasteiger partial charge in [-0.05, 0) is 22.3 Å². The molecule has 7 heteroatoms. The van der Waals surface area contributed by atoms with E-state index < -0.39 is 12.1 Å². The number of ether oxygens (including phenoxy) is 1. The molecule has 0 bridgehead atoms. The van der Waals surface area contributed by atoms with Gasteiger partial charge in [0.05, 0.1) is 27.2 Å². The molecule has 2 N–H and O–H groups in total. The van der Waals surface area contributed by atoms with Crippen LogP contribution in [0.15, 0.2) is 48.5 Å². The van der Waals surface area contributed by atoms with Crippen LogP contribution in [0.2, 0.25) is 0 Å². The van der Waals surface area contributed by atoms with Crippen LogP contribution in [0.3, 0.4) is 0 Å². The van der Waals surface area contributed by atoms with Gasteiger partial charge in [-0.3, -0.25) is 0 Å². The summed E-state index contributed by atoms with van der Waals surface area (Å²) in [5, 5.41) is 11.6. The van der Waals surface area contributed by atoms with Crippen molar-refractivity contribution >= 4 is 12.1 Å². The third kappa shape index (κ3) is 5.03. The fourth-order valence-electron chi connectivity index (χ4n) is 3.56. The largest absolute Gasteiger partial charge is 1.00 e. The maximum Gasteiger partial charge on any atom is 0.407 e. The van der Waals surface area contributed by atoms with E-state index in [0.29, 0.717) is 17.6 Å². The molecule has 1 aliphatic carbocycles. The van der Waals surface area contributed by atoms with E-state index in [-0.39, 0.29) is 31.5 Å². The van der Waals surface area contributed by atoms with Gasteiger partial charge in [0.15, 0.2) is 6.54 Å². The molecule has 0 unspecified atom stereocenters. The molecular formula is C21H25ClN2O4. The summed E-state index contributed by atoms with van der Waals surface area (Å²) in [6.45, 7) is 1.15. The molecule has 0 aromatic heterocycles. The number of fused-ring (bicyclic) bond motifs is 3. The Morgan fingerprint density at radius 3 is 2.11 bits per heavy atom. The highest BCUT2D eigenvalue weighted by Gasteiger charge is 2.29. The lowest BCUT2D eigenvalue weighted by Gasteiger charge is -2.27. The third-order valence-corrected chi connectivity index (χ3v) is 4.89. The molecule has 150 valence electrons. The van der Waals surface area contributed by atoms with Gasteiger partial charge in [-0.25, -0.2) is 9.59 Å². The summed E-state index contributed by atoms with van der Waals surface area (Å²) >= 11 is 0. The number of alkyl carbamates (subject to hydrolysis) is 1. The van der Waals surface area contributed by atoms with Gasteiger partial charge in [0.2, 0.25) is 0 Å². The quantitative estimate of drug-likeness (QED) is 0.621. The Morgan fingerprint density at radius 1 is 1.04 bits per heavy atom. The molecule has 0 saturated heterocycles. The second kappa shape index (κ2) is 9.08. The molecule has 6 nitrogen and oxygen atoms in total. The van der Waals surface area contributed by atoms with E-state index in [2.05, 4.69) is 29.6 Å². The van der Waals surface area contributed by atoms with Crippen LogP contribution in [-0.2, 0) is 9.53 Å². The number of carbonyl (C=O) groups is 2. The first-order valence-electron chi connectivity index (χ1n) is 9.00. The van der Waals surface area contributed by atoms with Gasteiger partial charge in [0.1, 0.15) is 6.61 Å². The highest BCUT2D eigenvalue weighted by molar-refractivity contribution is 5.79. The van der Waals surface area contributed by atoms with E-state index in [4.69, 9.17) is 9.84 Å². The Bertz CT molecular complexity index is 808. The second-order valence-corrected chi connectivity index (χ2v) is 7.46. The minimum Gasteiger partial charge on any atom is -1.00 e. The van der Waals surface area contributed by atoms with Crippen LogP contribution in [-0.4, -0.2) is 62.0 Å². The summed E-state index contributed by atoms with van der Waals surface area (Å²) in [5.41, 5.74) is 4.72. The van der Waals surface area contributed by atoms with Gasteiger partial charge in [-0.1, -0.05) is 48.5 Å². The number of nitrogens with zero attached hydrogens (tertiary/aromatic N) is 1. The molecule has 2 aromatic rings. The van der Waals surface area contributed by atoms with E-state index in [0.717, 1.165) is 0 Å². The first kappa shape index (κ1) is 21.7. The van der Waals surface area contributed by atoms with Crippen molar-refractivity contribution in [3.05, 3.63) is 59.7 Å². The van der Waals surface area contributed by atoms with E-state index in [9.17, 15) is 9.59 Å². The molecule has 28 heavy (non-hydrogen) atoms. The van der Waals surface area contributed by atoms with Gasteiger partial charge < -0.3 is 32.1 Å². The maximum absolute atomic E-state index is 12.1. The zero-order chi connectivity index (χ0) is 19.4. The van der Waals surface area contributed by atoms with Gasteiger partial charge in [-0.2, -0.15) is 0 Å². The number of rotatable bonds is 7. The summed E-state index contributed by atoms with van der Waals surface area (Å²) in [4.78, 5) is 22.9. The zero-order valence-electron chi connectivity index (χ0n) is 16.0. The lowest BCUT2D eigenvalue weighted by molar-refractivity contribution is -0.881. The summed E-state index contributed by atoms with van der Waals surface area (Å²) < 4.78 is 5.75. The lowest BCUT2D eigenvalue weighted by Crippen LogP contribution is -3.00. The van der Waals surface area contributed by atoms with Crippen LogP contribution in [0.5, 0.6) is 0 Å². The van der Waals surface area contributed by atoms with Crippen LogP contribution < -0.4 is 17.7 Å². The molecule has 0 heterocycles. The molecule has 0 atom stereocenters. The summed E-state index contributed by atoms with van der Waals surface area (Å²) in [6, 6.07) is 16.4. The van der Waals surface area contributed by atoms with Crippen molar-refractivity contribution in [2.75, 3.05) is 40.3 Å². The van der Waals surface area contributed by atoms with E-state index in [1.54, 1.807) is 0 Å². The topological polar surface area (TPSA) is 75.6 Å². The number of carbonyl (C=O) groups excluding carboxylic acids is 1. The zero-order valence-corrected chi connectivity index (χ0v) is 16.8. The Hall–Kier alpha value is -2.57. The normalized spacial score (nSPS) is 12.5. The smallest absolute Gasteiger partial charge is 0.407 e. The fraction of sp³-hybridized carbons (Fsp3) is 0.333. The average Bonchev–Trinajstić information content (AvgIpc) is 2.93. The summed E-state index contributed by atoms with van der Waals surface area (Å²) in [5.74, 6) is -0.830. The Balaban J connectivity index is 0.00000280. The first-order chi connectivity index (χ1) is 12.9. The minimum absolute atomic E-state index is 0. The fourth-order valence-corrected chi connectivity index (χ4v) is 3.56. The van der Waals surface area contributed by atoms with Crippen molar-refractivity contribution in [2.24, 2.45) is 0 Å². The average molecular weight is 405 g/mol. The summed E-state index contributed by atoms with van der Waals surface area (Å²) in [7, 11) is 3.63. The number of amides is 1. The van der Waals surface area contributed by atoms with Crippen LogP contribution in [0.4, 0.5) is 4.79 Å². The minimum atomic E-state index is -0.860. The van der Waals surface area contributed by atoms with Crippen LogP contribution in [0.1, 0.15) is 17.0 Å². The Morgan fingerprint density at radius 2 is 1.57 bits per heavy atom. The number of carboxylic acids is 1. The molecule has 1 aliphatic rings. The molecule has 3 rings (SSSR count). The molecule has 0 radical (unpaired) electrons. The van der Waals surface area contributed by atoms with Crippen LogP contribution in [0, 0.1) is 0 Å². The van der Waals surface area contributed by atoms with E-state index in [1.165, 1.54) is 22.3 Å². The van der Waals surface area contributed by atoms with Crippen molar-refractivity contribution in [3.63, 3.8) is 0 Å².